The standard InChI is InChI=1S/C19H15FN2O2/c1-24-19(23)16-11-15(13-8-5-9-14(20)10-13)17(21)18(22-16)12-6-3-2-4-7-12/h2-11H,21H2,1H3. The van der Waals surface area contributed by atoms with E-state index in [-0.39, 0.29) is 11.5 Å². The molecule has 2 N–H and O–H groups in total. The minimum absolute atomic E-state index is 0.116. The van der Waals surface area contributed by atoms with Crippen molar-refractivity contribution in [1.29, 1.82) is 0 Å². The lowest BCUT2D eigenvalue weighted by Crippen LogP contribution is -2.08. The molecular weight excluding hydrogens is 307 g/mol. The van der Waals surface area contributed by atoms with Crippen molar-refractivity contribution in [2.45, 2.75) is 0 Å². The molecule has 0 aliphatic carbocycles. The zero-order chi connectivity index (χ0) is 17.1. The van der Waals surface area contributed by atoms with E-state index in [0.29, 0.717) is 22.5 Å². The third-order valence-corrected chi connectivity index (χ3v) is 3.64. The van der Waals surface area contributed by atoms with Gasteiger partial charge in [0.05, 0.1) is 18.5 Å². The molecule has 1 heterocycles. The number of nitrogen functional groups attached to an aromatic ring is 1. The van der Waals surface area contributed by atoms with Crippen LogP contribution in [-0.4, -0.2) is 18.1 Å². The molecule has 0 radical (unpaired) electrons. The summed E-state index contributed by atoms with van der Waals surface area (Å²) in [7, 11) is 1.28. The van der Waals surface area contributed by atoms with Crippen LogP contribution in [0.4, 0.5) is 10.1 Å². The number of aromatic nitrogens is 1. The van der Waals surface area contributed by atoms with E-state index in [1.807, 2.05) is 30.3 Å². The third kappa shape index (κ3) is 2.96. The summed E-state index contributed by atoms with van der Waals surface area (Å²) in [5, 5.41) is 0. The molecule has 0 fully saturated rings. The highest BCUT2D eigenvalue weighted by molar-refractivity contribution is 5.95. The van der Waals surface area contributed by atoms with Gasteiger partial charge in [0, 0.05) is 11.1 Å². The Balaban J connectivity index is 2.27. The lowest BCUT2D eigenvalue weighted by molar-refractivity contribution is 0.0594. The first-order valence-corrected chi connectivity index (χ1v) is 7.30. The normalized spacial score (nSPS) is 10.4. The van der Waals surface area contributed by atoms with Gasteiger partial charge in [-0.05, 0) is 23.8 Å². The lowest BCUT2D eigenvalue weighted by Gasteiger charge is -2.13. The predicted octanol–water partition coefficient (Wildman–Crippen LogP) is 3.92. The van der Waals surface area contributed by atoms with Gasteiger partial charge in [-0.2, -0.15) is 0 Å². The summed E-state index contributed by atoms with van der Waals surface area (Å²) in [5.74, 6) is -0.963. The maximum atomic E-state index is 13.6. The van der Waals surface area contributed by atoms with Crippen molar-refractivity contribution in [2.24, 2.45) is 0 Å². The number of hydrogen-bond donors (Lipinski definition) is 1. The number of esters is 1. The Labute approximate surface area is 138 Å². The molecule has 0 spiro atoms. The first-order chi connectivity index (χ1) is 11.6. The van der Waals surface area contributed by atoms with E-state index < -0.39 is 5.97 Å². The van der Waals surface area contributed by atoms with Gasteiger partial charge < -0.3 is 10.5 Å². The molecule has 3 rings (SSSR count). The van der Waals surface area contributed by atoms with Gasteiger partial charge in [-0.15, -0.1) is 0 Å². The van der Waals surface area contributed by atoms with Crippen molar-refractivity contribution in [2.75, 3.05) is 12.8 Å². The van der Waals surface area contributed by atoms with Crippen molar-refractivity contribution in [1.82, 2.24) is 4.98 Å². The molecule has 5 heteroatoms. The van der Waals surface area contributed by atoms with E-state index in [1.165, 1.54) is 25.3 Å². The molecular formula is C19H15FN2O2. The molecule has 120 valence electrons. The highest BCUT2D eigenvalue weighted by Gasteiger charge is 2.17. The van der Waals surface area contributed by atoms with E-state index in [1.54, 1.807) is 12.1 Å². The molecule has 1 aromatic heterocycles. The van der Waals surface area contributed by atoms with E-state index in [9.17, 15) is 9.18 Å². The summed E-state index contributed by atoms with van der Waals surface area (Å²) in [4.78, 5) is 16.3. The summed E-state index contributed by atoms with van der Waals surface area (Å²) >= 11 is 0. The molecule has 0 saturated heterocycles. The second-order valence-electron chi connectivity index (χ2n) is 5.19. The molecule has 0 unspecified atom stereocenters. The largest absolute Gasteiger partial charge is 0.464 e. The molecule has 0 saturated carbocycles. The topological polar surface area (TPSA) is 65.2 Å². The fourth-order valence-corrected chi connectivity index (χ4v) is 2.48. The Morgan fingerprint density at radius 3 is 2.42 bits per heavy atom. The lowest BCUT2D eigenvalue weighted by atomic mass is 9.99. The number of anilines is 1. The number of benzene rings is 2. The number of nitrogens with two attached hydrogens (primary N) is 1. The van der Waals surface area contributed by atoms with Gasteiger partial charge in [-0.1, -0.05) is 42.5 Å². The summed E-state index contributed by atoms with van der Waals surface area (Å²) < 4.78 is 18.4. The number of pyridine rings is 1. The Hall–Kier alpha value is -3.21. The van der Waals surface area contributed by atoms with Crippen LogP contribution in [0, 0.1) is 5.82 Å². The van der Waals surface area contributed by atoms with Crippen molar-refractivity contribution < 1.29 is 13.9 Å². The van der Waals surface area contributed by atoms with E-state index in [4.69, 9.17) is 10.5 Å². The number of carbonyl (C=O) groups excluding carboxylic acids is 1. The maximum absolute atomic E-state index is 13.6. The van der Waals surface area contributed by atoms with Gasteiger partial charge in [0.2, 0.25) is 0 Å². The average Bonchev–Trinajstić information content (AvgIpc) is 2.62. The number of ether oxygens (including phenoxy) is 1. The number of rotatable bonds is 3. The van der Waals surface area contributed by atoms with Crippen LogP contribution in [0.2, 0.25) is 0 Å². The van der Waals surface area contributed by atoms with Crippen LogP contribution in [0.15, 0.2) is 60.7 Å². The summed E-state index contributed by atoms with van der Waals surface area (Å²) in [6, 6.07) is 16.8. The van der Waals surface area contributed by atoms with Crippen molar-refractivity contribution in [3.63, 3.8) is 0 Å². The van der Waals surface area contributed by atoms with Gasteiger partial charge in [0.15, 0.2) is 0 Å². The van der Waals surface area contributed by atoms with Crippen LogP contribution in [0.1, 0.15) is 10.5 Å². The van der Waals surface area contributed by atoms with Crippen LogP contribution in [-0.2, 0) is 4.74 Å². The van der Waals surface area contributed by atoms with Crippen molar-refractivity contribution in [3.05, 3.63) is 72.2 Å². The molecule has 0 amide bonds. The SMILES string of the molecule is COC(=O)c1cc(-c2cccc(F)c2)c(N)c(-c2ccccc2)n1. The fraction of sp³-hybridized carbons (Fsp3) is 0.0526. The van der Waals surface area contributed by atoms with Crippen LogP contribution < -0.4 is 5.73 Å². The third-order valence-electron chi connectivity index (χ3n) is 3.64. The number of nitrogens with zero attached hydrogens (tertiary/aromatic N) is 1. The molecule has 0 atom stereocenters. The van der Waals surface area contributed by atoms with Gasteiger partial charge >= 0.3 is 5.97 Å². The van der Waals surface area contributed by atoms with E-state index >= 15 is 0 Å². The quantitative estimate of drug-likeness (QED) is 0.742. The number of methoxy groups -OCH3 is 1. The minimum Gasteiger partial charge on any atom is -0.464 e. The van der Waals surface area contributed by atoms with Gasteiger partial charge in [-0.25, -0.2) is 14.2 Å². The van der Waals surface area contributed by atoms with Gasteiger partial charge in [-0.3, -0.25) is 0 Å². The molecule has 3 aromatic rings. The van der Waals surface area contributed by atoms with Crippen molar-refractivity contribution >= 4 is 11.7 Å². The monoisotopic (exact) mass is 322 g/mol. The zero-order valence-electron chi connectivity index (χ0n) is 13.0. The molecule has 0 aliphatic rings. The van der Waals surface area contributed by atoms with Crippen LogP contribution >= 0.6 is 0 Å². The minimum atomic E-state index is -0.579. The zero-order valence-corrected chi connectivity index (χ0v) is 13.0. The second kappa shape index (κ2) is 6.50. The second-order valence-corrected chi connectivity index (χ2v) is 5.19. The fourth-order valence-electron chi connectivity index (χ4n) is 2.48. The van der Waals surface area contributed by atoms with Gasteiger partial charge in [0.1, 0.15) is 11.5 Å². The number of halogens is 1. The Morgan fingerprint density at radius 2 is 1.75 bits per heavy atom. The van der Waals surface area contributed by atoms with Gasteiger partial charge in [0.25, 0.3) is 0 Å². The maximum Gasteiger partial charge on any atom is 0.356 e. The molecule has 0 aliphatic heterocycles. The molecule has 24 heavy (non-hydrogen) atoms. The molecule has 2 aromatic carbocycles. The number of carbonyl (C=O) groups is 1. The summed E-state index contributed by atoms with van der Waals surface area (Å²) in [6.07, 6.45) is 0. The highest BCUT2D eigenvalue weighted by atomic mass is 19.1. The summed E-state index contributed by atoms with van der Waals surface area (Å²) in [5.41, 5.74) is 9.08. The van der Waals surface area contributed by atoms with Crippen molar-refractivity contribution in [3.8, 4) is 22.4 Å². The molecule has 0 bridgehead atoms. The smallest absolute Gasteiger partial charge is 0.356 e. The van der Waals surface area contributed by atoms with E-state index in [2.05, 4.69) is 4.98 Å². The Bertz CT molecular complexity index is 895. The first-order valence-electron chi connectivity index (χ1n) is 7.30. The van der Waals surface area contributed by atoms with E-state index in [0.717, 1.165) is 5.56 Å². The first kappa shape index (κ1) is 15.7. The Morgan fingerprint density at radius 1 is 1.04 bits per heavy atom. The van der Waals surface area contributed by atoms with Crippen LogP contribution in [0.5, 0.6) is 0 Å². The average molecular weight is 322 g/mol. The van der Waals surface area contributed by atoms with Crippen LogP contribution in [0.3, 0.4) is 0 Å². The molecule has 4 nitrogen and oxygen atoms in total. The van der Waals surface area contributed by atoms with Crippen LogP contribution in [0.25, 0.3) is 22.4 Å². The number of hydrogen-bond acceptors (Lipinski definition) is 4. The Kier molecular flexibility index (Phi) is 4.24. The highest BCUT2D eigenvalue weighted by Crippen LogP contribution is 2.34. The summed E-state index contributed by atoms with van der Waals surface area (Å²) in [6.45, 7) is 0. The predicted molar refractivity (Wildman–Crippen MR) is 90.8 cm³/mol.